The predicted molar refractivity (Wildman–Crippen MR) is 76.1 cm³/mol. The smallest absolute Gasteiger partial charge is 0.314 e. The van der Waals surface area contributed by atoms with Crippen LogP contribution in [0.5, 0.6) is 0 Å². The number of nitrogens with zero attached hydrogens (tertiary/aromatic N) is 2. The Bertz CT molecular complexity index is 287. The van der Waals surface area contributed by atoms with E-state index < -0.39 is 22.6 Å². The molecule has 0 atom stereocenters. The van der Waals surface area contributed by atoms with Gasteiger partial charge < -0.3 is 8.85 Å². The molecule has 0 unspecified atom stereocenters. The Labute approximate surface area is 111 Å². The van der Waals surface area contributed by atoms with Crippen molar-refractivity contribution in [2.45, 2.75) is 39.3 Å². The molecule has 0 bridgehead atoms. The molecule has 0 aliphatic rings. The van der Waals surface area contributed by atoms with Crippen LogP contribution in [-0.2, 0) is 13.6 Å². The van der Waals surface area contributed by atoms with Crippen molar-refractivity contribution in [2.24, 2.45) is 5.29 Å². The van der Waals surface area contributed by atoms with Crippen LogP contribution in [-0.4, -0.2) is 47.3 Å². The monoisotopic (exact) mass is 292 g/mol. The lowest BCUT2D eigenvalue weighted by molar-refractivity contribution is -0.136. The van der Waals surface area contributed by atoms with Crippen LogP contribution >= 0.6 is 0 Å². The van der Waals surface area contributed by atoms with Crippen LogP contribution < -0.4 is 0 Å². The molecule has 0 aromatic heterocycles. The predicted octanol–water partition coefficient (Wildman–Crippen LogP) is 2.20. The zero-order valence-electron chi connectivity index (χ0n) is 12.1. The van der Waals surface area contributed by atoms with E-state index in [9.17, 15) is 9.70 Å². The number of hydrogen-bond acceptors (Lipinski definition) is 5. The van der Waals surface area contributed by atoms with Gasteiger partial charge in [0.2, 0.25) is 8.32 Å². The summed E-state index contributed by atoms with van der Waals surface area (Å²) in [6.45, 7) is 12.5. The van der Waals surface area contributed by atoms with E-state index in [2.05, 4.69) is 24.9 Å². The topological polar surface area (TPSA) is 68.2 Å². The minimum absolute atomic E-state index is 0.108. The summed E-state index contributed by atoms with van der Waals surface area (Å²) < 4.78 is 10.8. The molecular formula is C10H24N2O4Si2. The van der Waals surface area contributed by atoms with Gasteiger partial charge in [0.15, 0.2) is 8.32 Å². The van der Waals surface area contributed by atoms with E-state index in [-0.39, 0.29) is 6.54 Å². The standard InChI is InChI=1S/C10H24N2O4Si2/c1-17(2,3)15-8-7-12(11-14)9-10(13)16-18(4,5)6/h7-9H2,1-6H3. The first-order valence-electron chi connectivity index (χ1n) is 5.97. The average molecular weight is 292 g/mol. The minimum atomic E-state index is -1.91. The van der Waals surface area contributed by atoms with Crippen LogP contribution in [0.15, 0.2) is 5.29 Å². The van der Waals surface area contributed by atoms with Gasteiger partial charge in [-0.25, -0.2) is 5.01 Å². The number of carbonyl (C=O) groups is 1. The molecule has 0 aromatic carbocycles. The van der Waals surface area contributed by atoms with Crippen LogP contribution in [0.25, 0.3) is 0 Å². The summed E-state index contributed by atoms with van der Waals surface area (Å²) in [5.41, 5.74) is 0. The second-order valence-corrected chi connectivity index (χ2v) is 15.0. The highest BCUT2D eigenvalue weighted by atomic mass is 28.4. The molecule has 0 saturated heterocycles. The molecule has 0 fully saturated rings. The number of nitroso groups, excluding NO2 is 1. The van der Waals surface area contributed by atoms with E-state index in [1.165, 1.54) is 0 Å². The number of rotatable bonds is 8. The molecule has 0 heterocycles. The van der Waals surface area contributed by atoms with Gasteiger partial charge in [0.05, 0.1) is 18.4 Å². The molecule has 18 heavy (non-hydrogen) atoms. The van der Waals surface area contributed by atoms with Crippen molar-refractivity contribution < 1.29 is 13.6 Å². The highest BCUT2D eigenvalue weighted by Crippen LogP contribution is 2.05. The van der Waals surface area contributed by atoms with E-state index in [1.807, 2.05) is 19.6 Å². The molecule has 0 spiro atoms. The Balaban J connectivity index is 4.04. The fourth-order valence-corrected chi connectivity index (χ4v) is 2.58. The summed E-state index contributed by atoms with van der Waals surface area (Å²) in [7, 11) is -3.50. The molecule has 0 radical (unpaired) electrons. The van der Waals surface area contributed by atoms with Gasteiger partial charge in [-0.2, -0.15) is 0 Å². The Morgan fingerprint density at radius 1 is 1.11 bits per heavy atom. The van der Waals surface area contributed by atoms with Crippen molar-refractivity contribution in [1.82, 2.24) is 5.01 Å². The van der Waals surface area contributed by atoms with Gasteiger partial charge in [0.1, 0.15) is 6.54 Å². The molecule has 0 N–H and O–H groups in total. The van der Waals surface area contributed by atoms with Crippen molar-refractivity contribution in [1.29, 1.82) is 0 Å². The summed E-state index contributed by atoms with van der Waals surface area (Å²) in [4.78, 5) is 22.1. The van der Waals surface area contributed by atoms with Crippen LogP contribution in [0.3, 0.4) is 0 Å². The largest absolute Gasteiger partial charge is 0.519 e. The van der Waals surface area contributed by atoms with Crippen molar-refractivity contribution in [3.8, 4) is 0 Å². The SMILES string of the molecule is C[Si](C)(C)OCCN(CC(=O)O[Si](C)(C)C)N=O. The van der Waals surface area contributed by atoms with Crippen LogP contribution in [0.4, 0.5) is 0 Å². The molecule has 0 aliphatic heterocycles. The third-order valence-corrected chi connectivity index (χ3v) is 3.64. The van der Waals surface area contributed by atoms with Crippen molar-refractivity contribution in [3.63, 3.8) is 0 Å². The zero-order valence-corrected chi connectivity index (χ0v) is 14.1. The molecule has 0 rings (SSSR count). The molecule has 8 heteroatoms. The summed E-state index contributed by atoms with van der Waals surface area (Å²) in [6.07, 6.45) is 0. The highest BCUT2D eigenvalue weighted by Gasteiger charge is 2.22. The van der Waals surface area contributed by atoms with Gasteiger partial charge >= 0.3 is 5.97 Å². The van der Waals surface area contributed by atoms with Gasteiger partial charge in [-0.1, -0.05) is 0 Å². The quantitative estimate of drug-likeness (QED) is 0.390. The van der Waals surface area contributed by atoms with E-state index in [0.29, 0.717) is 13.2 Å². The Hall–Kier alpha value is -0.736. The fourth-order valence-electron chi connectivity index (χ4n) is 1.13. The Morgan fingerprint density at radius 2 is 1.67 bits per heavy atom. The van der Waals surface area contributed by atoms with Gasteiger partial charge in [-0.3, -0.25) is 4.79 Å². The van der Waals surface area contributed by atoms with Crippen LogP contribution in [0, 0.1) is 4.91 Å². The molecule has 106 valence electrons. The summed E-state index contributed by atoms with van der Waals surface area (Å²) in [5, 5.41) is 3.95. The lowest BCUT2D eigenvalue weighted by Gasteiger charge is -2.22. The first kappa shape index (κ1) is 17.3. The van der Waals surface area contributed by atoms with E-state index in [0.717, 1.165) is 5.01 Å². The van der Waals surface area contributed by atoms with Crippen molar-refractivity contribution in [2.75, 3.05) is 19.7 Å². The summed E-state index contributed by atoms with van der Waals surface area (Å²) >= 11 is 0. The van der Waals surface area contributed by atoms with Crippen molar-refractivity contribution >= 4 is 22.6 Å². The van der Waals surface area contributed by atoms with E-state index >= 15 is 0 Å². The normalized spacial score (nSPS) is 12.1. The number of hydrogen-bond donors (Lipinski definition) is 0. The Morgan fingerprint density at radius 3 is 2.06 bits per heavy atom. The van der Waals surface area contributed by atoms with Gasteiger partial charge in [0.25, 0.3) is 0 Å². The molecule has 0 amide bonds. The maximum atomic E-state index is 11.5. The highest BCUT2D eigenvalue weighted by molar-refractivity contribution is 6.71. The number of carbonyl (C=O) groups excluding carboxylic acids is 1. The van der Waals surface area contributed by atoms with Crippen LogP contribution in [0.2, 0.25) is 39.3 Å². The maximum Gasteiger partial charge on any atom is 0.314 e. The second kappa shape index (κ2) is 7.00. The van der Waals surface area contributed by atoms with Gasteiger partial charge in [-0.05, 0) is 39.3 Å². The fraction of sp³-hybridized carbons (Fsp3) is 0.900. The summed E-state index contributed by atoms with van der Waals surface area (Å²) in [6, 6.07) is 0. The Kier molecular flexibility index (Phi) is 6.72. The lowest BCUT2D eigenvalue weighted by Crippen LogP contribution is -2.37. The van der Waals surface area contributed by atoms with Gasteiger partial charge in [0, 0.05) is 0 Å². The lowest BCUT2D eigenvalue weighted by atomic mass is 10.6. The molecule has 0 saturated carbocycles. The third-order valence-electron chi connectivity index (χ3n) is 1.73. The van der Waals surface area contributed by atoms with Crippen molar-refractivity contribution in [3.05, 3.63) is 4.91 Å². The molecule has 0 aliphatic carbocycles. The first-order chi connectivity index (χ1) is 8.03. The second-order valence-electron chi connectivity index (χ2n) is 6.02. The van der Waals surface area contributed by atoms with Gasteiger partial charge in [-0.15, -0.1) is 4.91 Å². The van der Waals surface area contributed by atoms with Crippen LogP contribution in [0.1, 0.15) is 0 Å². The molecule has 0 aromatic rings. The third kappa shape index (κ3) is 10.4. The zero-order chi connectivity index (χ0) is 14.4. The average Bonchev–Trinajstić information content (AvgIpc) is 2.11. The molecule has 6 nitrogen and oxygen atoms in total. The van der Waals surface area contributed by atoms with E-state index in [1.54, 1.807) is 0 Å². The van der Waals surface area contributed by atoms with E-state index in [4.69, 9.17) is 8.85 Å². The minimum Gasteiger partial charge on any atom is -0.519 e. The maximum absolute atomic E-state index is 11.5. The first-order valence-corrected chi connectivity index (χ1v) is 12.8. The summed E-state index contributed by atoms with van der Waals surface area (Å²) in [5.74, 6) is -0.401. The molecular weight excluding hydrogens is 268 g/mol.